The summed E-state index contributed by atoms with van der Waals surface area (Å²) in [6.45, 7) is 1.88. The minimum Gasteiger partial charge on any atom is -0.469 e. The normalized spacial score (nSPS) is 14.0. The number of allylic oxidation sites excluding steroid dienone is 2. The van der Waals surface area contributed by atoms with Crippen molar-refractivity contribution < 1.29 is 27.1 Å². The fraction of sp³-hybridized carbons (Fsp3) is 0.286. The zero-order valence-corrected chi connectivity index (χ0v) is 22.4. The van der Waals surface area contributed by atoms with Crippen LogP contribution in [0.2, 0.25) is 0 Å². The minimum absolute atomic E-state index is 0.172. The average Bonchev–Trinajstić information content (AvgIpc) is 3.33. The van der Waals surface area contributed by atoms with Gasteiger partial charge in [-0.25, -0.2) is 22.5 Å². The van der Waals surface area contributed by atoms with Gasteiger partial charge in [-0.1, -0.05) is 19.1 Å². The van der Waals surface area contributed by atoms with E-state index in [-0.39, 0.29) is 23.2 Å². The molecule has 1 aliphatic carbocycles. The summed E-state index contributed by atoms with van der Waals surface area (Å²) >= 11 is 0. The molecule has 0 bridgehead atoms. The van der Waals surface area contributed by atoms with Gasteiger partial charge in [0.15, 0.2) is 14.9 Å². The second-order valence-electron chi connectivity index (χ2n) is 8.94. The van der Waals surface area contributed by atoms with E-state index in [4.69, 9.17) is 0 Å². The maximum absolute atomic E-state index is 13.6. The molecule has 9 nitrogen and oxygen atoms in total. The molecule has 0 saturated carbocycles. The van der Waals surface area contributed by atoms with E-state index in [0.717, 1.165) is 6.42 Å². The molecule has 1 aliphatic rings. The van der Waals surface area contributed by atoms with Crippen molar-refractivity contribution in [2.75, 3.05) is 12.9 Å². The Morgan fingerprint density at radius 2 is 1.95 bits per heavy atom. The Labute approximate surface area is 226 Å². The number of pyridine rings is 1. The van der Waals surface area contributed by atoms with Crippen LogP contribution in [0.15, 0.2) is 66.0 Å². The van der Waals surface area contributed by atoms with Gasteiger partial charge in [0.2, 0.25) is 0 Å². The number of benzene rings is 1. The summed E-state index contributed by atoms with van der Waals surface area (Å²) in [4.78, 5) is 29.0. The lowest BCUT2D eigenvalue weighted by Crippen LogP contribution is -2.29. The molecule has 2 aromatic heterocycles. The van der Waals surface area contributed by atoms with Crippen LogP contribution >= 0.6 is 0 Å². The van der Waals surface area contributed by atoms with Gasteiger partial charge in [0.1, 0.15) is 5.82 Å². The van der Waals surface area contributed by atoms with E-state index in [2.05, 4.69) is 20.1 Å². The van der Waals surface area contributed by atoms with E-state index >= 15 is 0 Å². The number of ether oxygens (including phenoxy) is 1. The highest BCUT2D eigenvalue weighted by Gasteiger charge is 2.24. The largest absolute Gasteiger partial charge is 0.469 e. The SMILES string of the molecule is CCC(NC(=O)C1=CCCC=Cc2c1cnn2-c1ccc(F)cc1)c1ccnc(S(=O)(=O)CCC(=O)OC)c1. The lowest BCUT2D eigenvalue weighted by molar-refractivity contribution is -0.140. The maximum Gasteiger partial charge on any atom is 0.306 e. The molecule has 2 heterocycles. The van der Waals surface area contributed by atoms with E-state index in [1.54, 1.807) is 29.1 Å². The van der Waals surface area contributed by atoms with Gasteiger partial charge in [-0.15, -0.1) is 0 Å². The number of aromatic nitrogens is 3. The number of esters is 1. The standard InChI is InChI=1S/C28H29FN4O5S/c1-3-24(19-13-15-30-26(17-19)39(36,37)16-14-27(34)38-2)32-28(35)22-7-5-4-6-8-25-23(22)18-31-33(25)21-11-9-20(29)10-12-21/h6-13,15,17-18,24H,3-5,14,16H2,1-2H3,(H,32,35). The van der Waals surface area contributed by atoms with Gasteiger partial charge in [0.25, 0.3) is 5.91 Å². The Morgan fingerprint density at radius 1 is 1.18 bits per heavy atom. The fourth-order valence-corrected chi connectivity index (χ4v) is 5.43. The molecule has 1 amide bonds. The Bertz CT molecular complexity index is 1530. The number of methoxy groups -OCH3 is 1. The van der Waals surface area contributed by atoms with Crippen molar-refractivity contribution in [1.82, 2.24) is 20.1 Å². The fourth-order valence-electron chi connectivity index (χ4n) is 4.25. The molecule has 1 aromatic carbocycles. The highest BCUT2D eigenvalue weighted by molar-refractivity contribution is 7.91. The van der Waals surface area contributed by atoms with Crippen LogP contribution in [0.1, 0.15) is 55.5 Å². The van der Waals surface area contributed by atoms with Gasteiger partial charge in [-0.2, -0.15) is 5.10 Å². The second kappa shape index (κ2) is 12.2. The Hall–Kier alpha value is -4.12. The van der Waals surface area contributed by atoms with Crippen LogP contribution in [-0.2, 0) is 24.2 Å². The molecular formula is C28H29FN4O5S. The number of carbonyl (C=O) groups excluding carboxylic acids is 2. The second-order valence-corrected chi connectivity index (χ2v) is 11.0. The van der Waals surface area contributed by atoms with Crippen LogP contribution in [0.25, 0.3) is 17.3 Å². The predicted octanol–water partition coefficient (Wildman–Crippen LogP) is 4.20. The molecule has 39 heavy (non-hydrogen) atoms. The number of amides is 1. The third-order valence-corrected chi connectivity index (χ3v) is 7.97. The van der Waals surface area contributed by atoms with Gasteiger partial charge >= 0.3 is 5.97 Å². The molecule has 0 spiro atoms. The predicted molar refractivity (Wildman–Crippen MR) is 144 cm³/mol. The topological polar surface area (TPSA) is 120 Å². The Balaban J connectivity index is 1.59. The van der Waals surface area contributed by atoms with Crippen LogP contribution < -0.4 is 5.32 Å². The zero-order valence-electron chi connectivity index (χ0n) is 21.6. The smallest absolute Gasteiger partial charge is 0.306 e. The number of hydrogen-bond donors (Lipinski definition) is 1. The molecule has 4 rings (SSSR count). The van der Waals surface area contributed by atoms with Crippen LogP contribution in [0.5, 0.6) is 0 Å². The molecule has 1 unspecified atom stereocenters. The Kier molecular flexibility index (Phi) is 8.70. The first-order chi connectivity index (χ1) is 18.7. The van der Waals surface area contributed by atoms with Crippen molar-refractivity contribution in [3.63, 3.8) is 0 Å². The van der Waals surface area contributed by atoms with E-state index in [9.17, 15) is 22.4 Å². The summed E-state index contributed by atoms with van der Waals surface area (Å²) in [5.74, 6) is -1.74. The summed E-state index contributed by atoms with van der Waals surface area (Å²) in [5.41, 5.74) is 3.00. The van der Waals surface area contributed by atoms with Crippen molar-refractivity contribution in [1.29, 1.82) is 0 Å². The van der Waals surface area contributed by atoms with Crippen molar-refractivity contribution in [2.45, 2.75) is 43.7 Å². The molecule has 1 atom stereocenters. The summed E-state index contributed by atoms with van der Waals surface area (Å²) in [7, 11) is -2.64. The first-order valence-corrected chi connectivity index (χ1v) is 14.2. The monoisotopic (exact) mass is 552 g/mol. The molecular weight excluding hydrogens is 523 g/mol. The maximum atomic E-state index is 13.6. The van der Waals surface area contributed by atoms with E-state index < -0.39 is 27.6 Å². The minimum atomic E-state index is -3.83. The quantitative estimate of drug-likeness (QED) is 0.395. The van der Waals surface area contributed by atoms with Crippen LogP contribution in [0.3, 0.4) is 0 Å². The molecule has 0 fully saturated rings. The van der Waals surface area contributed by atoms with Gasteiger partial charge < -0.3 is 10.1 Å². The number of hydrogen-bond acceptors (Lipinski definition) is 7. The molecule has 0 radical (unpaired) electrons. The Morgan fingerprint density at radius 3 is 2.67 bits per heavy atom. The number of fused-ring (bicyclic) bond motifs is 1. The number of carbonyl (C=O) groups is 2. The van der Waals surface area contributed by atoms with E-state index in [0.29, 0.717) is 40.9 Å². The van der Waals surface area contributed by atoms with Gasteiger partial charge in [-0.3, -0.25) is 9.59 Å². The summed E-state index contributed by atoms with van der Waals surface area (Å²) in [6, 6.07) is 8.52. The number of rotatable bonds is 9. The highest BCUT2D eigenvalue weighted by Crippen LogP contribution is 2.28. The number of nitrogens with zero attached hydrogens (tertiary/aromatic N) is 3. The van der Waals surface area contributed by atoms with Crippen molar-refractivity contribution >= 4 is 33.4 Å². The summed E-state index contributed by atoms with van der Waals surface area (Å²) in [5, 5.41) is 7.31. The van der Waals surface area contributed by atoms with E-state index in [1.807, 2.05) is 25.2 Å². The third kappa shape index (κ3) is 6.48. The van der Waals surface area contributed by atoms with Crippen LogP contribution in [0, 0.1) is 5.82 Å². The molecule has 204 valence electrons. The van der Waals surface area contributed by atoms with Crippen molar-refractivity contribution in [2.24, 2.45) is 0 Å². The molecule has 1 N–H and O–H groups in total. The van der Waals surface area contributed by atoms with Gasteiger partial charge in [0, 0.05) is 17.3 Å². The van der Waals surface area contributed by atoms with E-state index in [1.165, 1.54) is 31.5 Å². The lowest BCUT2D eigenvalue weighted by atomic mass is 9.99. The van der Waals surface area contributed by atoms with Gasteiger partial charge in [-0.05, 0) is 67.3 Å². The summed E-state index contributed by atoms with van der Waals surface area (Å²) in [6.07, 6.45) is 10.3. The van der Waals surface area contributed by atoms with Crippen molar-refractivity contribution in [3.8, 4) is 5.69 Å². The highest BCUT2D eigenvalue weighted by atomic mass is 32.2. The molecule has 3 aromatic rings. The first kappa shape index (κ1) is 27.9. The third-order valence-electron chi connectivity index (χ3n) is 6.37. The molecule has 0 saturated heterocycles. The van der Waals surface area contributed by atoms with Crippen molar-refractivity contribution in [3.05, 3.63) is 83.6 Å². The molecule has 11 heteroatoms. The average molecular weight is 553 g/mol. The zero-order chi connectivity index (χ0) is 28.0. The van der Waals surface area contributed by atoms with Gasteiger partial charge in [0.05, 0.1) is 42.9 Å². The number of halogens is 1. The first-order valence-electron chi connectivity index (χ1n) is 12.5. The van der Waals surface area contributed by atoms with Crippen LogP contribution in [-0.4, -0.2) is 47.9 Å². The van der Waals surface area contributed by atoms with Crippen LogP contribution in [0.4, 0.5) is 4.39 Å². The lowest BCUT2D eigenvalue weighted by Gasteiger charge is -2.20. The molecule has 0 aliphatic heterocycles. The number of nitrogens with one attached hydrogen (secondary N) is 1. The number of sulfone groups is 1. The summed E-state index contributed by atoms with van der Waals surface area (Å²) < 4.78 is 45.1.